The Bertz CT molecular complexity index is 787. The van der Waals surface area contributed by atoms with Crippen LogP contribution in [0.25, 0.3) is 0 Å². The van der Waals surface area contributed by atoms with Crippen molar-refractivity contribution in [2.24, 2.45) is 0 Å². The number of carbonyl (C=O) groups is 1. The molecule has 7 heteroatoms. The maximum absolute atomic E-state index is 12.8. The lowest BCUT2D eigenvalue weighted by Crippen LogP contribution is -2.14. The number of amides is 1. The lowest BCUT2D eigenvalue weighted by molar-refractivity contribution is -0.113. The normalized spacial score (nSPS) is 10.2. The summed E-state index contributed by atoms with van der Waals surface area (Å²) in [6.45, 7) is 3.50. The third-order valence-corrected chi connectivity index (χ3v) is 4.62. The van der Waals surface area contributed by atoms with Crippen LogP contribution in [0, 0.1) is 31.0 Å². The van der Waals surface area contributed by atoms with Crippen molar-refractivity contribution in [2.75, 3.05) is 11.1 Å². The second-order valence-electron chi connectivity index (χ2n) is 4.77. The van der Waals surface area contributed by atoms with Gasteiger partial charge in [0.2, 0.25) is 5.91 Å². The van der Waals surface area contributed by atoms with Gasteiger partial charge in [-0.2, -0.15) is 5.26 Å². The molecule has 2 aromatic rings. The lowest BCUT2D eigenvalue weighted by Gasteiger charge is -2.10. The molecule has 0 radical (unpaired) electrons. The molecule has 2 rings (SSSR count). The standard InChI is InChI=1S/C16H13ClFN3OS/c1-9-13(7-19)16(20-10(2)15(9)17)23-8-14(22)21-12-5-3-11(18)4-6-12/h3-6H,8H2,1-2H3,(H,21,22). The zero-order valence-electron chi connectivity index (χ0n) is 12.5. The Hall–Kier alpha value is -2.10. The molecule has 1 N–H and O–H groups in total. The topological polar surface area (TPSA) is 65.8 Å². The smallest absolute Gasteiger partial charge is 0.234 e. The monoisotopic (exact) mass is 349 g/mol. The molecule has 0 unspecified atom stereocenters. The molecule has 0 bridgehead atoms. The quantitative estimate of drug-likeness (QED) is 0.844. The van der Waals surface area contributed by atoms with E-state index in [2.05, 4.69) is 16.4 Å². The van der Waals surface area contributed by atoms with E-state index in [1.54, 1.807) is 13.8 Å². The van der Waals surface area contributed by atoms with Crippen molar-refractivity contribution >= 4 is 35.0 Å². The number of carbonyl (C=O) groups excluding carboxylic acids is 1. The molecule has 1 heterocycles. The van der Waals surface area contributed by atoms with Gasteiger partial charge in [-0.15, -0.1) is 0 Å². The predicted molar refractivity (Wildman–Crippen MR) is 89.2 cm³/mol. The van der Waals surface area contributed by atoms with E-state index in [-0.39, 0.29) is 17.5 Å². The van der Waals surface area contributed by atoms with Crippen LogP contribution in [0.15, 0.2) is 29.3 Å². The Morgan fingerprint density at radius 1 is 1.39 bits per heavy atom. The largest absolute Gasteiger partial charge is 0.325 e. The molecule has 0 fully saturated rings. The van der Waals surface area contributed by atoms with Gasteiger partial charge in [-0.05, 0) is 43.7 Å². The Morgan fingerprint density at radius 2 is 2.04 bits per heavy atom. The number of thioether (sulfide) groups is 1. The Balaban J connectivity index is 2.07. The van der Waals surface area contributed by atoms with E-state index in [4.69, 9.17) is 11.6 Å². The number of rotatable bonds is 4. The van der Waals surface area contributed by atoms with Crippen LogP contribution in [0.2, 0.25) is 5.02 Å². The van der Waals surface area contributed by atoms with E-state index in [0.717, 1.165) is 11.8 Å². The molecule has 23 heavy (non-hydrogen) atoms. The van der Waals surface area contributed by atoms with Crippen LogP contribution >= 0.6 is 23.4 Å². The van der Waals surface area contributed by atoms with Crippen LogP contribution in [0.1, 0.15) is 16.8 Å². The van der Waals surface area contributed by atoms with E-state index in [1.165, 1.54) is 24.3 Å². The maximum atomic E-state index is 12.8. The number of nitriles is 1. The maximum Gasteiger partial charge on any atom is 0.234 e. The van der Waals surface area contributed by atoms with Gasteiger partial charge in [0.05, 0.1) is 22.0 Å². The summed E-state index contributed by atoms with van der Waals surface area (Å²) in [6.07, 6.45) is 0. The highest BCUT2D eigenvalue weighted by atomic mass is 35.5. The molecular formula is C16H13ClFN3OS. The van der Waals surface area contributed by atoms with Gasteiger partial charge in [-0.25, -0.2) is 9.37 Å². The molecule has 0 saturated carbocycles. The molecular weight excluding hydrogens is 337 g/mol. The van der Waals surface area contributed by atoms with Gasteiger partial charge in [0.25, 0.3) is 0 Å². The summed E-state index contributed by atoms with van der Waals surface area (Å²) in [4.78, 5) is 16.2. The summed E-state index contributed by atoms with van der Waals surface area (Å²) in [5.74, 6) is -0.551. The van der Waals surface area contributed by atoms with Gasteiger partial charge >= 0.3 is 0 Å². The summed E-state index contributed by atoms with van der Waals surface area (Å²) in [6, 6.07) is 7.57. The lowest BCUT2D eigenvalue weighted by atomic mass is 10.1. The van der Waals surface area contributed by atoms with Crippen LogP contribution in [-0.4, -0.2) is 16.6 Å². The number of benzene rings is 1. The fourth-order valence-corrected chi connectivity index (χ4v) is 2.92. The molecule has 118 valence electrons. The Kier molecular flexibility index (Phi) is 5.59. The molecule has 0 saturated heterocycles. The average molecular weight is 350 g/mol. The number of halogens is 2. The third kappa shape index (κ3) is 4.21. The van der Waals surface area contributed by atoms with Crippen molar-refractivity contribution in [1.82, 2.24) is 4.98 Å². The van der Waals surface area contributed by atoms with Crippen molar-refractivity contribution in [3.63, 3.8) is 0 Å². The number of hydrogen-bond acceptors (Lipinski definition) is 4. The SMILES string of the molecule is Cc1nc(SCC(=O)Nc2ccc(F)cc2)c(C#N)c(C)c1Cl. The van der Waals surface area contributed by atoms with Gasteiger partial charge < -0.3 is 5.32 Å². The second kappa shape index (κ2) is 7.44. The van der Waals surface area contributed by atoms with Gasteiger partial charge in [-0.1, -0.05) is 23.4 Å². The zero-order valence-corrected chi connectivity index (χ0v) is 14.1. The van der Waals surface area contributed by atoms with Gasteiger partial charge in [0.1, 0.15) is 16.9 Å². The van der Waals surface area contributed by atoms with Gasteiger partial charge in [-0.3, -0.25) is 4.79 Å². The molecule has 1 aromatic carbocycles. The van der Waals surface area contributed by atoms with Crippen molar-refractivity contribution in [3.05, 3.63) is 51.9 Å². The summed E-state index contributed by atoms with van der Waals surface area (Å²) in [5, 5.41) is 12.8. The van der Waals surface area contributed by atoms with E-state index < -0.39 is 0 Å². The van der Waals surface area contributed by atoms with E-state index in [9.17, 15) is 14.4 Å². The van der Waals surface area contributed by atoms with Crippen molar-refractivity contribution in [2.45, 2.75) is 18.9 Å². The number of aryl methyl sites for hydroxylation is 1. The summed E-state index contributed by atoms with van der Waals surface area (Å²) < 4.78 is 12.8. The minimum absolute atomic E-state index is 0.0829. The highest BCUT2D eigenvalue weighted by molar-refractivity contribution is 8.00. The molecule has 1 amide bonds. The Morgan fingerprint density at radius 3 is 2.65 bits per heavy atom. The first-order chi connectivity index (χ1) is 10.9. The van der Waals surface area contributed by atoms with Crippen molar-refractivity contribution in [3.8, 4) is 6.07 Å². The third-order valence-electron chi connectivity index (χ3n) is 3.08. The predicted octanol–water partition coefficient (Wildman–Crippen LogP) is 4.09. The van der Waals surface area contributed by atoms with Crippen LogP contribution in [0.3, 0.4) is 0 Å². The van der Waals surface area contributed by atoms with Gasteiger partial charge in [0, 0.05) is 5.69 Å². The molecule has 0 aliphatic rings. The Labute approximate surface area is 142 Å². The van der Waals surface area contributed by atoms with Gasteiger partial charge in [0.15, 0.2) is 0 Å². The fraction of sp³-hybridized carbons (Fsp3) is 0.188. The number of anilines is 1. The van der Waals surface area contributed by atoms with Crippen molar-refractivity contribution in [1.29, 1.82) is 5.26 Å². The molecule has 0 atom stereocenters. The number of nitrogens with zero attached hydrogens (tertiary/aromatic N) is 2. The number of hydrogen-bond donors (Lipinski definition) is 1. The van der Waals surface area contributed by atoms with E-state index >= 15 is 0 Å². The van der Waals surface area contributed by atoms with Crippen LogP contribution < -0.4 is 5.32 Å². The first-order valence-electron chi connectivity index (χ1n) is 6.67. The first-order valence-corrected chi connectivity index (χ1v) is 8.03. The minimum Gasteiger partial charge on any atom is -0.325 e. The highest BCUT2D eigenvalue weighted by Crippen LogP contribution is 2.29. The molecule has 4 nitrogen and oxygen atoms in total. The molecule has 0 aliphatic carbocycles. The zero-order chi connectivity index (χ0) is 17.0. The number of aromatic nitrogens is 1. The van der Waals surface area contributed by atoms with Crippen molar-refractivity contribution < 1.29 is 9.18 Å². The number of pyridine rings is 1. The van der Waals surface area contributed by atoms with Crippen LogP contribution in [0.4, 0.5) is 10.1 Å². The van der Waals surface area contributed by atoms with Crippen LogP contribution in [-0.2, 0) is 4.79 Å². The molecule has 1 aromatic heterocycles. The minimum atomic E-state index is -0.368. The second-order valence-corrected chi connectivity index (χ2v) is 6.11. The summed E-state index contributed by atoms with van der Waals surface area (Å²) in [5.41, 5.74) is 2.15. The fourth-order valence-electron chi connectivity index (χ4n) is 1.90. The molecule has 0 aliphatic heterocycles. The highest BCUT2D eigenvalue weighted by Gasteiger charge is 2.15. The van der Waals surface area contributed by atoms with E-state index in [1.807, 2.05) is 0 Å². The molecule has 0 spiro atoms. The van der Waals surface area contributed by atoms with Crippen LogP contribution in [0.5, 0.6) is 0 Å². The average Bonchev–Trinajstić information content (AvgIpc) is 2.53. The van der Waals surface area contributed by atoms with E-state index in [0.29, 0.717) is 32.6 Å². The summed E-state index contributed by atoms with van der Waals surface area (Å²) in [7, 11) is 0. The summed E-state index contributed by atoms with van der Waals surface area (Å²) >= 11 is 7.24. The first kappa shape index (κ1) is 17.3. The number of nitrogens with one attached hydrogen (secondary N) is 1.